The fraction of sp³-hybridized carbons (Fsp3) is 0.550. The molecule has 146 valence electrons. The molecule has 7 heteroatoms. The highest BCUT2D eigenvalue weighted by atomic mass is 16.5. The van der Waals surface area contributed by atoms with Gasteiger partial charge in [0.1, 0.15) is 0 Å². The van der Waals surface area contributed by atoms with Gasteiger partial charge in [0, 0.05) is 55.4 Å². The topological polar surface area (TPSA) is 87.3 Å². The van der Waals surface area contributed by atoms with E-state index in [0.717, 1.165) is 56.0 Å². The summed E-state index contributed by atoms with van der Waals surface area (Å²) in [7, 11) is 0. The quantitative estimate of drug-likeness (QED) is 0.686. The normalized spacial score (nSPS) is 15.3. The minimum Gasteiger partial charge on any atom is -0.382 e. The van der Waals surface area contributed by atoms with Gasteiger partial charge in [-0.25, -0.2) is 0 Å². The number of benzene rings is 1. The summed E-state index contributed by atoms with van der Waals surface area (Å²) in [6.07, 6.45) is 3.50. The van der Waals surface area contributed by atoms with Gasteiger partial charge in [-0.15, -0.1) is 0 Å². The maximum absolute atomic E-state index is 7.57. The Balaban J connectivity index is 1.70. The van der Waals surface area contributed by atoms with Crippen LogP contribution in [0.25, 0.3) is 11.4 Å². The molecule has 0 spiro atoms. The van der Waals surface area contributed by atoms with Gasteiger partial charge >= 0.3 is 6.01 Å². The molecule has 1 aromatic heterocycles. The van der Waals surface area contributed by atoms with Crippen LogP contribution in [-0.4, -0.2) is 48.7 Å². The monoisotopic (exact) mass is 371 g/mol. The number of piperidine rings is 1. The zero-order valence-electron chi connectivity index (χ0n) is 16.4. The Morgan fingerprint density at radius 3 is 2.81 bits per heavy atom. The van der Waals surface area contributed by atoms with E-state index in [-0.39, 0.29) is 6.04 Å². The summed E-state index contributed by atoms with van der Waals surface area (Å²) in [4.78, 5) is 6.75. The Morgan fingerprint density at radius 2 is 2.15 bits per heavy atom. The summed E-state index contributed by atoms with van der Waals surface area (Å²) < 4.78 is 11.1. The lowest BCUT2D eigenvalue weighted by molar-refractivity contribution is 0.0999. The van der Waals surface area contributed by atoms with E-state index in [1.807, 2.05) is 25.1 Å². The molecule has 0 radical (unpaired) electrons. The van der Waals surface area contributed by atoms with E-state index in [1.165, 1.54) is 6.21 Å². The Morgan fingerprint density at radius 1 is 1.37 bits per heavy atom. The fourth-order valence-electron chi connectivity index (χ4n) is 3.29. The highest BCUT2D eigenvalue weighted by Gasteiger charge is 2.23. The van der Waals surface area contributed by atoms with Gasteiger partial charge in [-0.05, 0) is 45.6 Å². The second-order valence-electron chi connectivity index (χ2n) is 7.24. The summed E-state index contributed by atoms with van der Waals surface area (Å²) in [5.74, 6) is 1.19. The molecule has 3 rings (SSSR count). The average Bonchev–Trinajstić information content (AvgIpc) is 3.16. The van der Waals surface area contributed by atoms with Crippen LogP contribution in [0.15, 0.2) is 22.7 Å². The van der Waals surface area contributed by atoms with Crippen molar-refractivity contribution in [1.82, 2.24) is 10.1 Å². The molecule has 7 nitrogen and oxygen atoms in total. The zero-order valence-corrected chi connectivity index (χ0v) is 16.4. The fourth-order valence-corrected chi connectivity index (χ4v) is 3.29. The van der Waals surface area contributed by atoms with Gasteiger partial charge in [0.25, 0.3) is 0 Å². The molecule has 1 aliphatic heterocycles. The molecular weight excluding hydrogens is 342 g/mol. The standard InChI is InChI=1S/C20H29N5O2/c1-4-26-13-15-7-9-25(10-8-15)20-23-19(24-27-20)16-5-6-17(12-21)18(11-16)22-14(2)3/h5-6,11-12,14-15,21-22H,4,7-10,13H2,1-3H3. The van der Waals surface area contributed by atoms with Gasteiger partial charge in [0.15, 0.2) is 0 Å². The van der Waals surface area contributed by atoms with E-state index >= 15 is 0 Å². The van der Waals surface area contributed by atoms with Gasteiger partial charge in [0.05, 0.1) is 0 Å². The first-order valence-electron chi connectivity index (χ1n) is 9.68. The highest BCUT2D eigenvalue weighted by Crippen LogP contribution is 2.27. The predicted octanol–water partition coefficient (Wildman–Crippen LogP) is 3.81. The van der Waals surface area contributed by atoms with E-state index in [1.54, 1.807) is 0 Å². The predicted molar refractivity (Wildman–Crippen MR) is 108 cm³/mol. The van der Waals surface area contributed by atoms with Crippen LogP contribution in [-0.2, 0) is 4.74 Å². The van der Waals surface area contributed by atoms with Crippen LogP contribution in [0.1, 0.15) is 39.2 Å². The van der Waals surface area contributed by atoms with Crippen molar-refractivity contribution in [1.29, 1.82) is 5.41 Å². The molecule has 1 fully saturated rings. The molecule has 0 amide bonds. The Labute approximate surface area is 160 Å². The molecule has 0 atom stereocenters. The molecule has 1 aromatic carbocycles. The van der Waals surface area contributed by atoms with E-state index in [2.05, 4.69) is 34.2 Å². The van der Waals surface area contributed by atoms with Crippen LogP contribution in [0.3, 0.4) is 0 Å². The van der Waals surface area contributed by atoms with E-state index < -0.39 is 0 Å². The number of hydrogen-bond donors (Lipinski definition) is 2. The largest absolute Gasteiger partial charge is 0.382 e. The third-order valence-electron chi connectivity index (χ3n) is 4.77. The maximum atomic E-state index is 7.57. The lowest BCUT2D eigenvalue weighted by atomic mass is 9.98. The van der Waals surface area contributed by atoms with Crippen molar-refractivity contribution < 1.29 is 9.26 Å². The van der Waals surface area contributed by atoms with Crippen molar-refractivity contribution in [2.75, 3.05) is 36.5 Å². The zero-order chi connectivity index (χ0) is 19.2. The molecule has 1 aliphatic rings. The maximum Gasteiger partial charge on any atom is 0.324 e. The third-order valence-corrected chi connectivity index (χ3v) is 4.77. The van der Waals surface area contributed by atoms with Crippen LogP contribution in [0, 0.1) is 11.3 Å². The molecule has 2 N–H and O–H groups in total. The van der Waals surface area contributed by atoms with Crippen LogP contribution in [0.5, 0.6) is 0 Å². The molecule has 1 saturated heterocycles. The number of nitrogens with one attached hydrogen (secondary N) is 2. The number of aromatic nitrogens is 2. The molecule has 0 aliphatic carbocycles. The molecule has 2 aromatic rings. The average molecular weight is 371 g/mol. The van der Waals surface area contributed by atoms with Crippen molar-refractivity contribution in [3.8, 4) is 11.4 Å². The molecular formula is C20H29N5O2. The van der Waals surface area contributed by atoms with Crippen molar-refractivity contribution in [2.45, 2.75) is 39.7 Å². The van der Waals surface area contributed by atoms with Gasteiger partial charge < -0.3 is 24.9 Å². The Kier molecular flexibility index (Phi) is 6.45. The smallest absolute Gasteiger partial charge is 0.324 e. The lowest BCUT2D eigenvalue weighted by Gasteiger charge is -2.30. The van der Waals surface area contributed by atoms with E-state index in [4.69, 9.17) is 14.7 Å². The molecule has 27 heavy (non-hydrogen) atoms. The van der Waals surface area contributed by atoms with Crippen molar-refractivity contribution in [3.63, 3.8) is 0 Å². The number of nitrogens with zero attached hydrogens (tertiary/aromatic N) is 3. The minimum absolute atomic E-state index is 0.276. The second-order valence-corrected chi connectivity index (χ2v) is 7.24. The second kappa shape index (κ2) is 8.99. The lowest BCUT2D eigenvalue weighted by Crippen LogP contribution is -2.35. The number of hydrogen-bond acceptors (Lipinski definition) is 7. The third kappa shape index (κ3) is 4.86. The molecule has 0 bridgehead atoms. The van der Waals surface area contributed by atoms with E-state index in [0.29, 0.717) is 17.8 Å². The van der Waals surface area contributed by atoms with Gasteiger partial charge in [-0.3, -0.25) is 0 Å². The summed E-state index contributed by atoms with van der Waals surface area (Å²) in [5.41, 5.74) is 2.62. The highest BCUT2D eigenvalue weighted by molar-refractivity contribution is 5.87. The first kappa shape index (κ1) is 19.4. The van der Waals surface area contributed by atoms with Crippen molar-refractivity contribution >= 4 is 17.9 Å². The van der Waals surface area contributed by atoms with Gasteiger partial charge in [0.2, 0.25) is 5.82 Å². The number of ether oxygens (including phenoxy) is 1. The SMILES string of the molecule is CCOCC1CCN(c2nc(-c3ccc(C=N)c(NC(C)C)c3)no2)CC1. The first-order valence-corrected chi connectivity index (χ1v) is 9.68. The Hall–Kier alpha value is -2.41. The van der Waals surface area contributed by atoms with E-state index in [9.17, 15) is 0 Å². The molecule has 0 saturated carbocycles. The van der Waals surface area contributed by atoms with Crippen molar-refractivity contribution in [3.05, 3.63) is 23.8 Å². The van der Waals surface area contributed by atoms with Crippen LogP contribution in [0.2, 0.25) is 0 Å². The summed E-state index contributed by atoms with van der Waals surface area (Å²) in [5, 5.41) is 15.1. The van der Waals surface area contributed by atoms with Gasteiger partial charge in [-0.1, -0.05) is 17.3 Å². The van der Waals surface area contributed by atoms with Crippen LogP contribution < -0.4 is 10.2 Å². The van der Waals surface area contributed by atoms with Crippen LogP contribution >= 0.6 is 0 Å². The summed E-state index contributed by atoms with van der Waals surface area (Å²) in [6.45, 7) is 9.61. The number of anilines is 2. The number of rotatable bonds is 8. The first-order chi connectivity index (χ1) is 13.1. The minimum atomic E-state index is 0.276. The Bertz CT molecular complexity index is 751. The summed E-state index contributed by atoms with van der Waals surface area (Å²) >= 11 is 0. The molecule has 2 heterocycles. The summed E-state index contributed by atoms with van der Waals surface area (Å²) in [6, 6.07) is 6.66. The molecule has 0 unspecified atom stereocenters. The van der Waals surface area contributed by atoms with Crippen LogP contribution in [0.4, 0.5) is 11.7 Å². The van der Waals surface area contributed by atoms with Crippen molar-refractivity contribution in [2.24, 2.45) is 5.92 Å². The van der Waals surface area contributed by atoms with Gasteiger partial charge in [-0.2, -0.15) is 4.98 Å².